The molecule has 0 bridgehead atoms. The fourth-order valence-electron chi connectivity index (χ4n) is 3.12. The summed E-state index contributed by atoms with van der Waals surface area (Å²) in [5.41, 5.74) is 11.1. The molecule has 33 heavy (non-hydrogen) atoms. The van der Waals surface area contributed by atoms with Crippen molar-refractivity contribution in [3.05, 3.63) is 84.9 Å². The second-order valence-electron chi connectivity index (χ2n) is 6.98. The van der Waals surface area contributed by atoms with Crippen LogP contribution in [0.4, 0.5) is 11.4 Å². The van der Waals surface area contributed by atoms with Crippen LogP contribution in [0.2, 0.25) is 0 Å². The molecule has 0 saturated heterocycles. The first kappa shape index (κ1) is 21.8. The van der Waals surface area contributed by atoms with E-state index < -0.39 is 32.7 Å². The highest BCUT2D eigenvalue weighted by Gasteiger charge is 2.28. The predicted molar refractivity (Wildman–Crippen MR) is 124 cm³/mol. The summed E-state index contributed by atoms with van der Waals surface area (Å²) in [7, 11) is -4.31. The zero-order valence-electron chi connectivity index (χ0n) is 17.2. The number of hydrogen-bond acceptors (Lipinski definition) is 8. The Balaban J connectivity index is 1.69. The number of nitrogens with two attached hydrogens (primary N) is 2. The number of aromatic hydroxyl groups is 2. The molecule has 4 aromatic rings. The molecular weight excluding hydrogens is 444 g/mol. The summed E-state index contributed by atoms with van der Waals surface area (Å²) in [6.07, 6.45) is 0. The molecule has 8 nitrogen and oxygen atoms in total. The molecule has 0 heterocycles. The summed E-state index contributed by atoms with van der Waals surface area (Å²) in [5, 5.41) is 20.9. The monoisotopic (exact) mass is 464 g/mol. The largest absolute Gasteiger partial charge is 0.503 e. The van der Waals surface area contributed by atoms with Gasteiger partial charge in [0.15, 0.2) is 23.0 Å². The first-order chi connectivity index (χ1) is 15.8. The highest BCUT2D eigenvalue weighted by Crippen LogP contribution is 2.44. The highest BCUT2D eigenvalue weighted by molar-refractivity contribution is 7.91. The summed E-state index contributed by atoms with van der Waals surface area (Å²) in [4.78, 5) is -0.772. The second kappa shape index (κ2) is 8.64. The van der Waals surface area contributed by atoms with E-state index in [1.54, 1.807) is 60.7 Å². The van der Waals surface area contributed by atoms with Gasteiger partial charge in [-0.2, -0.15) is 0 Å². The van der Waals surface area contributed by atoms with Crippen molar-refractivity contribution in [3.63, 3.8) is 0 Å². The quantitative estimate of drug-likeness (QED) is 0.238. The SMILES string of the molecule is Nc1c(S(=O)(=O)c2ccc(Oc3ccccc3)c(O)c2N)ccc(Oc2ccccc2)c1O. The summed E-state index contributed by atoms with van der Waals surface area (Å²) in [6.45, 7) is 0. The Kier molecular flexibility index (Phi) is 5.72. The third-order valence-electron chi connectivity index (χ3n) is 4.80. The Hall–Kier alpha value is -4.37. The normalized spacial score (nSPS) is 11.2. The van der Waals surface area contributed by atoms with Crippen LogP contribution in [-0.4, -0.2) is 18.6 Å². The van der Waals surface area contributed by atoms with Crippen LogP contribution in [0, 0.1) is 0 Å². The number of nitrogen functional groups attached to an aromatic ring is 2. The Morgan fingerprint density at radius 3 is 1.30 bits per heavy atom. The van der Waals surface area contributed by atoms with Crippen molar-refractivity contribution in [1.82, 2.24) is 0 Å². The summed E-state index contributed by atoms with van der Waals surface area (Å²) in [5.74, 6) is -0.226. The lowest BCUT2D eigenvalue weighted by Gasteiger charge is -2.15. The van der Waals surface area contributed by atoms with Gasteiger partial charge in [-0.1, -0.05) is 36.4 Å². The third kappa shape index (κ3) is 4.21. The minimum Gasteiger partial charge on any atom is -0.503 e. The number of ether oxygens (including phenoxy) is 2. The molecule has 0 spiro atoms. The first-order valence-corrected chi connectivity index (χ1v) is 11.2. The van der Waals surface area contributed by atoms with Crippen molar-refractivity contribution in [2.24, 2.45) is 0 Å². The van der Waals surface area contributed by atoms with Gasteiger partial charge in [0.2, 0.25) is 9.84 Å². The van der Waals surface area contributed by atoms with Crippen LogP contribution in [0.25, 0.3) is 0 Å². The summed E-state index contributed by atoms with van der Waals surface area (Å²) < 4.78 is 37.7. The van der Waals surface area contributed by atoms with Crippen LogP contribution in [0.3, 0.4) is 0 Å². The van der Waals surface area contributed by atoms with Crippen molar-refractivity contribution < 1.29 is 28.1 Å². The first-order valence-electron chi connectivity index (χ1n) is 9.73. The molecule has 0 aliphatic rings. The molecule has 0 radical (unpaired) electrons. The third-order valence-corrected chi connectivity index (χ3v) is 6.67. The molecule has 0 aliphatic heterocycles. The van der Waals surface area contributed by atoms with Crippen molar-refractivity contribution in [2.75, 3.05) is 11.5 Å². The standard InChI is InChI=1S/C24H20N2O6S/c25-21-19(13-11-17(23(21)27)31-15-7-3-1-4-8-15)33(29,30)20-14-12-18(24(28)22(20)26)32-16-9-5-2-6-10-16/h1-14,27-28H,25-26H2. The van der Waals surface area contributed by atoms with E-state index in [-0.39, 0.29) is 21.3 Å². The maximum absolute atomic E-state index is 13.3. The zero-order valence-corrected chi connectivity index (χ0v) is 18.0. The van der Waals surface area contributed by atoms with Crippen LogP contribution in [0.15, 0.2) is 94.7 Å². The van der Waals surface area contributed by atoms with E-state index in [2.05, 4.69) is 0 Å². The smallest absolute Gasteiger partial charge is 0.210 e. The molecule has 0 atom stereocenters. The molecule has 168 valence electrons. The number of benzene rings is 4. The second-order valence-corrected chi connectivity index (χ2v) is 8.87. The Labute approximate surface area is 190 Å². The molecule has 0 amide bonds. The zero-order chi connectivity index (χ0) is 23.6. The van der Waals surface area contributed by atoms with E-state index in [4.69, 9.17) is 20.9 Å². The van der Waals surface area contributed by atoms with Crippen LogP contribution in [0.5, 0.6) is 34.5 Å². The van der Waals surface area contributed by atoms with Gasteiger partial charge in [0.05, 0.1) is 21.2 Å². The fraction of sp³-hybridized carbons (Fsp3) is 0. The average Bonchev–Trinajstić information content (AvgIpc) is 2.81. The van der Waals surface area contributed by atoms with Crippen LogP contribution < -0.4 is 20.9 Å². The van der Waals surface area contributed by atoms with Gasteiger partial charge in [-0.3, -0.25) is 0 Å². The Morgan fingerprint density at radius 2 is 0.939 bits per heavy atom. The fourth-order valence-corrected chi connectivity index (χ4v) is 4.63. The maximum Gasteiger partial charge on any atom is 0.210 e. The van der Waals surface area contributed by atoms with Gasteiger partial charge in [0.1, 0.15) is 11.5 Å². The molecule has 0 aromatic heterocycles. The number of para-hydroxylation sites is 2. The molecule has 6 N–H and O–H groups in total. The van der Waals surface area contributed by atoms with Gasteiger partial charge in [-0.05, 0) is 48.5 Å². The van der Waals surface area contributed by atoms with E-state index in [0.717, 1.165) is 0 Å². The molecular formula is C24H20N2O6S. The van der Waals surface area contributed by atoms with E-state index in [1.807, 2.05) is 0 Å². The number of rotatable bonds is 6. The molecule has 0 saturated carbocycles. The van der Waals surface area contributed by atoms with Crippen LogP contribution >= 0.6 is 0 Å². The molecule has 9 heteroatoms. The highest BCUT2D eigenvalue weighted by atomic mass is 32.2. The number of phenolic OH excluding ortho intramolecular Hbond substituents is 2. The van der Waals surface area contributed by atoms with Gasteiger partial charge in [-0.25, -0.2) is 8.42 Å². The van der Waals surface area contributed by atoms with Gasteiger partial charge < -0.3 is 31.2 Å². The molecule has 0 unspecified atom stereocenters. The van der Waals surface area contributed by atoms with Gasteiger partial charge >= 0.3 is 0 Å². The maximum atomic E-state index is 13.3. The van der Waals surface area contributed by atoms with Gasteiger partial charge in [0.25, 0.3) is 0 Å². The van der Waals surface area contributed by atoms with E-state index >= 15 is 0 Å². The minimum absolute atomic E-state index is 0.0138. The van der Waals surface area contributed by atoms with E-state index in [1.165, 1.54) is 24.3 Å². The predicted octanol–water partition coefficient (Wildman–Crippen LogP) is 4.68. The lowest BCUT2D eigenvalue weighted by Crippen LogP contribution is -2.09. The molecule has 4 rings (SSSR count). The summed E-state index contributed by atoms with van der Waals surface area (Å²) >= 11 is 0. The number of anilines is 2. The van der Waals surface area contributed by atoms with E-state index in [0.29, 0.717) is 11.5 Å². The molecule has 0 fully saturated rings. The van der Waals surface area contributed by atoms with Crippen molar-refractivity contribution in [3.8, 4) is 34.5 Å². The molecule has 4 aromatic carbocycles. The lowest BCUT2D eigenvalue weighted by molar-refractivity contribution is 0.411. The summed E-state index contributed by atoms with van der Waals surface area (Å²) in [6, 6.07) is 22.2. The minimum atomic E-state index is -4.31. The molecule has 0 aliphatic carbocycles. The van der Waals surface area contributed by atoms with E-state index in [9.17, 15) is 18.6 Å². The van der Waals surface area contributed by atoms with Gasteiger partial charge in [0, 0.05) is 0 Å². The number of hydrogen-bond donors (Lipinski definition) is 4. The number of sulfone groups is 1. The average molecular weight is 464 g/mol. The van der Waals surface area contributed by atoms with Crippen LogP contribution in [0.1, 0.15) is 0 Å². The lowest BCUT2D eigenvalue weighted by atomic mass is 10.2. The van der Waals surface area contributed by atoms with Crippen molar-refractivity contribution >= 4 is 21.2 Å². The number of phenols is 2. The van der Waals surface area contributed by atoms with Crippen molar-refractivity contribution in [1.29, 1.82) is 0 Å². The topological polar surface area (TPSA) is 145 Å². The van der Waals surface area contributed by atoms with Gasteiger partial charge in [-0.15, -0.1) is 0 Å². The Morgan fingerprint density at radius 1 is 0.576 bits per heavy atom. The van der Waals surface area contributed by atoms with Crippen LogP contribution in [-0.2, 0) is 9.84 Å². The van der Waals surface area contributed by atoms with Crippen molar-refractivity contribution in [2.45, 2.75) is 9.79 Å². The Bertz CT molecular complexity index is 1310.